The molecule has 0 aliphatic heterocycles. The van der Waals surface area contributed by atoms with Crippen molar-refractivity contribution in [3.8, 4) is 0 Å². The number of aryl methyl sites for hydroxylation is 1. The summed E-state index contributed by atoms with van der Waals surface area (Å²) in [6, 6.07) is 0. The quantitative estimate of drug-likeness (QED) is 0.784. The Morgan fingerprint density at radius 1 is 1.50 bits per heavy atom. The molecular weight excluding hydrogens is 202 g/mol. The Kier molecular flexibility index (Phi) is 3.25. The van der Waals surface area contributed by atoms with Crippen LogP contribution < -0.4 is 5.32 Å². The average Bonchev–Trinajstić information content (AvgIpc) is 2.55. The van der Waals surface area contributed by atoms with Crippen LogP contribution in [0.2, 0.25) is 0 Å². The molecule has 0 spiro atoms. The van der Waals surface area contributed by atoms with Gasteiger partial charge in [0, 0.05) is 25.7 Å². The van der Waals surface area contributed by atoms with Crippen molar-refractivity contribution < 1.29 is 0 Å². The molecule has 1 N–H and O–H groups in total. The first-order valence-corrected chi connectivity index (χ1v) is 5.86. The van der Waals surface area contributed by atoms with Gasteiger partial charge < -0.3 is 10.2 Å². The number of rotatable bonds is 5. The minimum atomic E-state index is 0.381. The van der Waals surface area contributed by atoms with Gasteiger partial charge in [-0.2, -0.15) is 0 Å². The largest absolute Gasteiger partial charge is 0.309 e. The molecule has 16 heavy (non-hydrogen) atoms. The normalized spacial score (nSPS) is 18.8. The molecule has 2 rings (SSSR count). The molecule has 0 radical (unpaired) electrons. The third-order valence-corrected chi connectivity index (χ3v) is 3.80. The van der Waals surface area contributed by atoms with Crippen molar-refractivity contribution >= 4 is 0 Å². The van der Waals surface area contributed by atoms with Crippen LogP contribution in [0.5, 0.6) is 0 Å². The molecule has 1 aliphatic carbocycles. The molecule has 5 heteroatoms. The van der Waals surface area contributed by atoms with E-state index < -0.39 is 0 Å². The molecule has 0 atom stereocenters. The maximum atomic E-state index is 3.92. The zero-order valence-corrected chi connectivity index (χ0v) is 10.4. The lowest BCUT2D eigenvalue weighted by Gasteiger charge is -2.47. The Hall–Kier alpha value is -0.940. The fourth-order valence-electron chi connectivity index (χ4n) is 2.26. The molecule has 1 aliphatic rings. The van der Waals surface area contributed by atoms with Crippen LogP contribution in [0.1, 0.15) is 25.0 Å². The molecule has 1 saturated carbocycles. The standard InChI is InChI=1S/C11H21N5/c1-15(2)11(5-4-6-11)9-12-7-10-8-13-14-16(10)3/h8,12H,4-7,9H2,1-3H3. The summed E-state index contributed by atoms with van der Waals surface area (Å²) in [5, 5.41) is 11.3. The highest BCUT2D eigenvalue weighted by Crippen LogP contribution is 2.35. The first-order chi connectivity index (χ1) is 7.64. The maximum Gasteiger partial charge on any atom is 0.0738 e. The molecule has 1 aromatic heterocycles. The molecule has 1 aromatic rings. The predicted octanol–water partition coefficient (Wildman–Crippen LogP) is 0.389. The summed E-state index contributed by atoms with van der Waals surface area (Å²) in [6.07, 6.45) is 5.77. The van der Waals surface area contributed by atoms with Crippen molar-refractivity contribution in [1.82, 2.24) is 25.2 Å². The van der Waals surface area contributed by atoms with Gasteiger partial charge in [0.15, 0.2) is 0 Å². The van der Waals surface area contributed by atoms with E-state index in [-0.39, 0.29) is 0 Å². The number of aromatic nitrogens is 3. The fraction of sp³-hybridized carbons (Fsp3) is 0.818. The molecular formula is C11H21N5. The second kappa shape index (κ2) is 4.51. The van der Waals surface area contributed by atoms with Crippen LogP contribution in [0, 0.1) is 0 Å². The maximum absolute atomic E-state index is 3.92. The predicted molar refractivity (Wildman–Crippen MR) is 63.0 cm³/mol. The Morgan fingerprint density at radius 3 is 2.69 bits per heavy atom. The summed E-state index contributed by atoms with van der Waals surface area (Å²) in [7, 11) is 6.27. The van der Waals surface area contributed by atoms with Gasteiger partial charge in [-0.1, -0.05) is 5.21 Å². The second-order valence-electron chi connectivity index (χ2n) is 4.92. The third kappa shape index (κ3) is 2.10. The second-order valence-corrected chi connectivity index (χ2v) is 4.92. The number of hydrogen-bond donors (Lipinski definition) is 1. The van der Waals surface area contributed by atoms with Crippen LogP contribution in [0.4, 0.5) is 0 Å². The Balaban J connectivity index is 1.82. The van der Waals surface area contributed by atoms with E-state index in [0.717, 1.165) is 18.8 Å². The van der Waals surface area contributed by atoms with Gasteiger partial charge in [0.2, 0.25) is 0 Å². The first kappa shape index (κ1) is 11.5. The van der Waals surface area contributed by atoms with E-state index in [0.29, 0.717) is 5.54 Å². The summed E-state index contributed by atoms with van der Waals surface area (Å²) in [5.41, 5.74) is 1.51. The Morgan fingerprint density at radius 2 is 2.25 bits per heavy atom. The minimum Gasteiger partial charge on any atom is -0.309 e. The van der Waals surface area contributed by atoms with E-state index in [9.17, 15) is 0 Å². The zero-order chi connectivity index (χ0) is 11.6. The van der Waals surface area contributed by atoms with E-state index in [1.165, 1.54) is 19.3 Å². The van der Waals surface area contributed by atoms with E-state index >= 15 is 0 Å². The molecule has 90 valence electrons. The average molecular weight is 223 g/mol. The van der Waals surface area contributed by atoms with Crippen LogP contribution in [-0.4, -0.2) is 46.1 Å². The van der Waals surface area contributed by atoms with Gasteiger partial charge >= 0.3 is 0 Å². The van der Waals surface area contributed by atoms with Crippen molar-refractivity contribution in [2.45, 2.75) is 31.3 Å². The van der Waals surface area contributed by atoms with Crippen molar-refractivity contribution in [2.24, 2.45) is 7.05 Å². The number of likely N-dealkylation sites (N-methyl/N-ethyl adjacent to an activating group) is 1. The summed E-state index contributed by atoms with van der Waals surface area (Å²) < 4.78 is 1.82. The van der Waals surface area contributed by atoms with Gasteiger partial charge in [0.1, 0.15) is 0 Å². The van der Waals surface area contributed by atoms with E-state index in [1.54, 1.807) is 0 Å². The Bertz CT molecular complexity index is 340. The van der Waals surface area contributed by atoms with Gasteiger partial charge in [0.25, 0.3) is 0 Å². The third-order valence-electron chi connectivity index (χ3n) is 3.80. The summed E-state index contributed by atoms with van der Waals surface area (Å²) in [4.78, 5) is 2.35. The zero-order valence-electron chi connectivity index (χ0n) is 10.4. The van der Waals surface area contributed by atoms with E-state index in [2.05, 4.69) is 34.6 Å². The summed E-state index contributed by atoms with van der Waals surface area (Å²) in [6.45, 7) is 1.89. The minimum absolute atomic E-state index is 0.381. The van der Waals surface area contributed by atoms with Crippen LogP contribution >= 0.6 is 0 Å². The van der Waals surface area contributed by atoms with Gasteiger partial charge in [-0.3, -0.25) is 4.68 Å². The van der Waals surface area contributed by atoms with Crippen LogP contribution in [-0.2, 0) is 13.6 Å². The van der Waals surface area contributed by atoms with Gasteiger partial charge in [-0.05, 0) is 33.4 Å². The molecule has 0 amide bonds. The summed E-state index contributed by atoms with van der Waals surface area (Å²) in [5.74, 6) is 0. The van der Waals surface area contributed by atoms with Crippen LogP contribution in [0.15, 0.2) is 6.20 Å². The SMILES string of the molecule is CN(C)C1(CNCc2cnnn2C)CCC1. The lowest BCUT2D eigenvalue weighted by Crippen LogP contribution is -2.56. The highest BCUT2D eigenvalue weighted by molar-refractivity contribution is 4.99. The molecule has 0 saturated heterocycles. The van der Waals surface area contributed by atoms with Gasteiger partial charge in [-0.25, -0.2) is 0 Å². The molecule has 0 aromatic carbocycles. The highest BCUT2D eigenvalue weighted by atomic mass is 15.4. The first-order valence-electron chi connectivity index (χ1n) is 5.86. The van der Waals surface area contributed by atoms with E-state index in [1.807, 2.05) is 17.9 Å². The van der Waals surface area contributed by atoms with Crippen molar-refractivity contribution in [2.75, 3.05) is 20.6 Å². The molecule has 1 fully saturated rings. The lowest BCUT2D eigenvalue weighted by molar-refractivity contribution is 0.0596. The van der Waals surface area contributed by atoms with Gasteiger partial charge in [0.05, 0.1) is 11.9 Å². The smallest absolute Gasteiger partial charge is 0.0738 e. The highest BCUT2D eigenvalue weighted by Gasteiger charge is 2.38. The molecule has 0 bridgehead atoms. The van der Waals surface area contributed by atoms with Crippen molar-refractivity contribution in [3.05, 3.63) is 11.9 Å². The van der Waals surface area contributed by atoms with Crippen LogP contribution in [0.25, 0.3) is 0 Å². The van der Waals surface area contributed by atoms with E-state index in [4.69, 9.17) is 0 Å². The van der Waals surface area contributed by atoms with Gasteiger partial charge in [-0.15, -0.1) is 5.10 Å². The summed E-state index contributed by atoms with van der Waals surface area (Å²) >= 11 is 0. The fourth-order valence-corrected chi connectivity index (χ4v) is 2.26. The monoisotopic (exact) mass is 223 g/mol. The number of nitrogens with zero attached hydrogens (tertiary/aromatic N) is 4. The Labute approximate surface area is 96.8 Å². The van der Waals surface area contributed by atoms with Crippen LogP contribution in [0.3, 0.4) is 0 Å². The lowest BCUT2D eigenvalue weighted by atomic mass is 9.75. The molecule has 1 heterocycles. The molecule has 5 nitrogen and oxygen atoms in total. The number of hydrogen-bond acceptors (Lipinski definition) is 4. The number of nitrogens with one attached hydrogen (secondary N) is 1. The topological polar surface area (TPSA) is 46.0 Å². The van der Waals surface area contributed by atoms with Crippen molar-refractivity contribution in [3.63, 3.8) is 0 Å². The molecule has 0 unspecified atom stereocenters. The van der Waals surface area contributed by atoms with Crippen molar-refractivity contribution in [1.29, 1.82) is 0 Å².